The van der Waals surface area contributed by atoms with Gasteiger partial charge in [-0.2, -0.15) is 0 Å². The number of hydrogen-bond acceptors (Lipinski definition) is 17. The zero-order valence-corrected chi connectivity index (χ0v) is 36.8. The van der Waals surface area contributed by atoms with E-state index in [4.69, 9.17) is 76.2 Å². The molecule has 0 atom stereocenters. The fraction of sp³-hybridized carbons (Fsp3) is 0.976. The lowest BCUT2D eigenvalue weighted by Gasteiger charge is -2.09. The zero-order valence-electron chi connectivity index (χ0n) is 36.8. The number of carbonyl (C=O) groups is 1. The van der Waals surface area contributed by atoms with E-state index in [1.807, 2.05) is 0 Å². The number of carbonyl (C=O) groups excluding carboxylic acids is 1. The maximum atomic E-state index is 11.8. The van der Waals surface area contributed by atoms with E-state index in [-0.39, 0.29) is 19.2 Å². The van der Waals surface area contributed by atoms with Gasteiger partial charge < -0.3 is 76.2 Å². The minimum absolute atomic E-state index is 0.0211. The van der Waals surface area contributed by atoms with E-state index in [1.54, 1.807) is 0 Å². The predicted octanol–water partition coefficient (Wildman–Crippen LogP) is 3.68. The second kappa shape index (κ2) is 54.9. The van der Waals surface area contributed by atoms with Crippen molar-refractivity contribution in [2.45, 2.75) is 71.1 Å². The normalized spacial score (nSPS) is 11.6. The van der Waals surface area contributed by atoms with Crippen molar-refractivity contribution in [1.82, 2.24) is 0 Å². The lowest BCUT2D eigenvalue weighted by Crippen LogP contribution is -2.16. The molecule has 0 saturated heterocycles. The van der Waals surface area contributed by atoms with Crippen LogP contribution in [0.4, 0.5) is 0 Å². The van der Waals surface area contributed by atoms with Gasteiger partial charge >= 0.3 is 5.97 Å². The van der Waals surface area contributed by atoms with Crippen LogP contribution in [0.1, 0.15) is 71.1 Å². The zero-order chi connectivity index (χ0) is 42.5. The molecule has 0 aliphatic heterocycles. The Labute approximate surface area is 355 Å². The van der Waals surface area contributed by atoms with E-state index < -0.39 is 0 Å². The Morgan fingerprint density at radius 3 is 0.729 bits per heavy atom. The van der Waals surface area contributed by atoms with Gasteiger partial charge in [0.1, 0.15) is 6.61 Å². The van der Waals surface area contributed by atoms with Crippen LogP contribution in [-0.2, 0) is 75.8 Å². The molecule has 1 N–H and O–H groups in total. The first-order valence-corrected chi connectivity index (χ1v) is 22.2. The molecule has 0 bridgehead atoms. The van der Waals surface area contributed by atoms with Gasteiger partial charge in [-0.3, -0.25) is 4.79 Å². The number of aliphatic hydroxyl groups is 1. The third kappa shape index (κ3) is 54.9. The van der Waals surface area contributed by atoms with Crippen LogP contribution in [0.3, 0.4) is 0 Å². The smallest absolute Gasteiger partial charge is 0.305 e. The topological polar surface area (TPSA) is 176 Å². The van der Waals surface area contributed by atoms with Crippen LogP contribution in [-0.4, -0.2) is 209 Å². The molecule has 0 unspecified atom stereocenters. The van der Waals surface area contributed by atoms with Crippen molar-refractivity contribution in [2.75, 3.05) is 198 Å². The lowest BCUT2D eigenvalue weighted by atomic mass is 10.1. The minimum atomic E-state index is -0.140. The molecule has 0 aromatic rings. The van der Waals surface area contributed by atoms with Crippen LogP contribution in [0, 0.1) is 0 Å². The summed E-state index contributed by atoms with van der Waals surface area (Å²) in [6.07, 6.45) is 11.6. The second-order valence-corrected chi connectivity index (χ2v) is 13.1. The molecule has 17 nitrogen and oxygen atoms in total. The van der Waals surface area contributed by atoms with Crippen molar-refractivity contribution in [3.05, 3.63) is 0 Å². The van der Waals surface area contributed by atoms with Crippen molar-refractivity contribution in [2.24, 2.45) is 0 Å². The van der Waals surface area contributed by atoms with Gasteiger partial charge in [0.05, 0.1) is 192 Å². The summed E-state index contributed by atoms with van der Waals surface area (Å²) in [6, 6.07) is 0. The number of aliphatic hydroxyl groups excluding tert-OH is 1. The van der Waals surface area contributed by atoms with Crippen molar-refractivity contribution in [3.63, 3.8) is 0 Å². The van der Waals surface area contributed by atoms with E-state index in [0.29, 0.717) is 191 Å². The molecule has 17 heteroatoms. The summed E-state index contributed by atoms with van der Waals surface area (Å²) < 4.78 is 81.4. The van der Waals surface area contributed by atoms with Crippen LogP contribution in [0.5, 0.6) is 0 Å². The Hall–Kier alpha value is -1.13. The minimum Gasteiger partial charge on any atom is -0.463 e. The van der Waals surface area contributed by atoms with E-state index in [9.17, 15) is 4.79 Å². The number of rotatable bonds is 54. The lowest BCUT2D eigenvalue weighted by molar-refractivity contribution is -0.145. The number of unbranched alkanes of at least 4 members (excludes halogenated alkanes) is 8. The van der Waals surface area contributed by atoms with Gasteiger partial charge in [-0.25, -0.2) is 0 Å². The Morgan fingerprint density at radius 1 is 0.288 bits per heavy atom. The molecule has 0 spiro atoms. The highest BCUT2D eigenvalue weighted by molar-refractivity contribution is 5.69. The first-order valence-electron chi connectivity index (χ1n) is 22.2. The van der Waals surface area contributed by atoms with Gasteiger partial charge in [0, 0.05) is 6.42 Å². The number of esters is 1. The largest absolute Gasteiger partial charge is 0.463 e. The highest BCUT2D eigenvalue weighted by atomic mass is 16.6. The number of hydrogen-bond donors (Lipinski definition) is 1. The maximum absolute atomic E-state index is 11.8. The molecule has 59 heavy (non-hydrogen) atoms. The standard InChI is InChI=1S/C42H84O17/c1-2-3-4-5-6-7-8-9-10-11-42(44)59-41-40-58-39-38-57-37-36-56-35-34-55-33-32-54-31-30-53-29-28-52-27-26-51-25-24-50-23-22-49-21-20-48-19-18-47-17-16-46-15-14-45-13-12-43/h43H,2-41H2,1H3. The van der Waals surface area contributed by atoms with Gasteiger partial charge in [0.15, 0.2) is 0 Å². The molecule has 0 heterocycles. The average molecular weight is 861 g/mol. The molecule has 0 aliphatic rings. The van der Waals surface area contributed by atoms with E-state index >= 15 is 0 Å². The first kappa shape index (κ1) is 57.9. The second-order valence-electron chi connectivity index (χ2n) is 13.1. The summed E-state index contributed by atoms with van der Waals surface area (Å²) in [5, 5.41) is 8.60. The van der Waals surface area contributed by atoms with Crippen LogP contribution < -0.4 is 0 Å². The Morgan fingerprint density at radius 2 is 0.492 bits per heavy atom. The third-order valence-corrected chi connectivity index (χ3v) is 8.05. The molecule has 354 valence electrons. The maximum Gasteiger partial charge on any atom is 0.305 e. The summed E-state index contributed by atoms with van der Waals surface area (Å²) in [4.78, 5) is 11.8. The molecule has 0 radical (unpaired) electrons. The predicted molar refractivity (Wildman–Crippen MR) is 221 cm³/mol. The fourth-order valence-corrected chi connectivity index (χ4v) is 4.89. The Balaban J connectivity index is 3.10. The Kier molecular flexibility index (Phi) is 53.8. The van der Waals surface area contributed by atoms with Gasteiger partial charge in [-0.05, 0) is 6.42 Å². The van der Waals surface area contributed by atoms with Gasteiger partial charge in [0.2, 0.25) is 0 Å². The summed E-state index contributed by atoms with van der Waals surface area (Å²) in [5.41, 5.74) is 0. The molecule has 0 rings (SSSR count). The van der Waals surface area contributed by atoms with Gasteiger partial charge in [-0.1, -0.05) is 58.3 Å². The Bertz CT molecular complexity index is 771. The highest BCUT2D eigenvalue weighted by Gasteiger charge is 2.03. The summed E-state index contributed by atoms with van der Waals surface area (Å²) in [7, 11) is 0. The van der Waals surface area contributed by atoms with Crippen molar-refractivity contribution >= 4 is 5.97 Å². The van der Waals surface area contributed by atoms with Crippen molar-refractivity contribution in [3.8, 4) is 0 Å². The fourth-order valence-electron chi connectivity index (χ4n) is 4.89. The van der Waals surface area contributed by atoms with Crippen LogP contribution >= 0.6 is 0 Å². The molecule has 0 aromatic heterocycles. The number of ether oxygens (including phenoxy) is 15. The molecular formula is C42H84O17. The summed E-state index contributed by atoms with van der Waals surface area (Å²) in [5.74, 6) is -0.140. The molecular weight excluding hydrogens is 776 g/mol. The van der Waals surface area contributed by atoms with Crippen LogP contribution in [0.15, 0.2) is 0 Å². The molecule has 0 fully saturated rings. The molecule has 0 aliphatic carbocycles. The van der Waals surface area contributed by atoms with E-state index in [2.05, 4.69) is 6.92 Å². The summed E-state index contributed by atoms with van der Waals surface area (Å²) in [6.45, 7) is 16.0. The SMILES string of the molecule is CCCCCCCCCCCC(=O)OCCOCCOCCOCCOCCOCCOCCOCCOCCOCCOCCOCCOCCOCCOCCO. The monoisotopic (exact) mass is 861 g/mol. The quantitative estimate of drug-likeness (QED) is 0.0692. The molecule has 0 aromatic carbocycles. The highest BCUT2D eigenvalue weighted by Crippen LogP contribution is 2.10. The van der Waals surface area contributed by atoms with Crippen LogP contribution in [0.25, 0.3) is 0 Å². The summed E-state index contributed by atoms with van der Waals surface area (Å²) >= 11 is 0. The van der Waals surface area contributed by atoms with Crippen LogP contribution in [0.2, 0.25) is 0 Å². The van der Waals surface area contributed by atoms with E-state index in [0.717, 1.165) is 12.8 Å². The van der Waals surface area contributed by atoms with Crippen molar-refractivity contribution < 1.29 is 81.0 Å². The third-order valence-electron chi connectivity index (χ3n) is 8.05. The van der Waals surface area contributed by atoms with Crippen molar-refractivity contribution in [1.29, 1.82) is 0 Å². The van der Waals surface area contributed by atoms with Gasteiger partial charge in [-0.15, -0.1) is 0 Å². The average Bonchev–Trinajstić information content (AvgIpc) is 3.24. The van der Waals surface area contributed by atoms with Gasteiger partial charge in [0.25, 0.3) is 0 Å². The first-order chi connectivity index (χ1) is 29.3. The molecule has 0 saturated carbocycles. The molecule has 0 amide bonds. The van der Waals surface area contributed by atoms with E-state index in [1.165, 1.54) is 44.9 Å².